The maximum Gasteiger partial charge on any atom is 0.165 e. The Hall–Kier alpha value is -0.870. The zero-order chi connectivity index (χ0) is 13.3. The molecule has 0 atom stereocenters. The van der Waals surface area contributed by atoms with E-state index in [2.05, 4.69) is 69.7 Å². The molecule has 0 radical (unpaired) electrons. The monoisotopic (exact) mass is 327 g/mol. The molecule has 96 valence electrons. The average molecular weight is 329 g/mol. The lowest BCUT2D eigenvalue weighted by atomic mass is 10.1. The van der Waals surface area contributed by atoms with E-state index in [1.807, 2.05) is 0 Å². The van der Waals surface area contributed by atoms with E-state index in [1.54, 1.807) is 0 Å². The molecule has 5 heteroatoms. The Bertz CT molecular complexity index is 563. The van der Waals surface area contributed by atoms with Crippen molar-refractivity contribution < 1.29 is 0 Å². The molecule has 0 saturated heterocycles. The molecule has 0 unspecified atom stereocenters. The van der Waals surface area contributed by atoms with Crippen LogP contribution >= 0.6 is 27.5 Å². The Labute approximate surface area is 120 Å². The summed E-state index contributed by atoms with van der Waals surface area (Å²) in [4.78, 5) is 0. The number of nitrogens with zero attached hydrogens (tertiary/aromatic N) is 3. The van der Waals surface area contributed by atoms with Crippen LogP contribution in [-0.2, 0) is 5.88 Å². The van der Waals surface area contributed by atoms with Gasteiger partial charge in [-0.15, -0.1) is 21.8 Å². The normalized spacial score (nSPS) is 11.2. The molecule has 3 nitrogen and oxygen atoms in total. The van der Waals surface area contributed by atoms with Crippen molar-refractivity contribution in [2.45, 2.75) is 32.7 Å². The number of hydrogen-bond acceptors (Lipinski definition) is 2. The van der Waals surface area contributed by atoms with E-state index in [0.717, 1.165) is 21.7 Å². The van der Waals surface area contributed by atoms with Gasteiger partial charge >= 0.3 is 0 Å². The number of alkyl halides is 1. The molecular weight excluding hydrogens is 314 g/mol. The quantitative estimate of drug-likeness (QED) is 0.785. The van der Waals surface area contributed by atoms with Crippen LogP contribution in [-0.4, -0.2) is 14.8 Å². The van der Waals surface area contributed by atoms with Crippen LogP contribution < -0.4 is 0 Å². The molecule has 0 aliphatic rings. The van der Waals surface area contributed by atoms with Crippen molar-refractivity contribution >= 4 is 27.5 Å². The van der Waals surface area contributed by atoms with E-state index < -0.39 is 0 Å². The first-order valence-electron chi connectivity index (χ1n) is 5.81. The van der Waals surface area contributed by atoms with Crippen molar-refractivity contribution in [2.24, 2.45) is 0 Å². The molecule has 0 saturated carbocycles. The molecule has 0 bridgehead atoms. The van der Waals surface area contributed by atoms with E-state index in [9.17, 15) is 0 Å². The second kappa shape index (κ2) is 5.41. The lowest BCUT2D eigenvalue weighted by molar-refractivity contribution is 0.585. The zero-order valence-corrected chi connectivity index (χ0v) is 13.0. The molecule has 0 amide bonds. The van der Waals surface area contributed by atoms with Crippen molar-refractivity contribution in [2.75, 3.05) is 0 Å². The fourth-order valence-electron chi connectivity index (χ4n) is 1.94. The molecule has 1 aromatic heterocycles. The highest BCUT2D eigenvalue weighted by Crippen LogP contribution is 2.30. The molecule has 0 N–H and O–H groups in total. The standard InChI is InChI=1S/C13H15BrClN3/c1-8(2)18-12(7-15)16-17-13(18)10-5-4-9(3)6-11(10)14/h4-6,8H,7H2,1-3H3. The van der Waals surface area contributed by atoms with E-state index in [0.29, 0.717) is 5.88 Å². The molecule has 0 aliphatic heterocycles. The summed E-state index contributed by atoms with van der Waals surface area (Å²) in [7, 11) is 0. The highest BCUT2D eigenvalue weighted by molar-refractivity contribution is 9.10. The Kier molecular flexibility index (Phi) is 4.07. The number of aryl methyl sites for hydroxylation is 1. The topological polar surface area (TPSA) is 30.7 Å². The third-order valence-electron chi connectivity index (χ3n) is 2.77. The van der Waals surface area contributed by atoms with Crippen molar-refractivity contribution in [3.05, 3.63) is 34.1 Å². The summed E-state index contributed by atoms with van der Waals surface area (Å²) in [5.74, 6) is 2.02. The molecule has 1 heterocycles. The van der Waals surface area contributed by atoms with Gasteiger partial charge in [0.15, 0.2) is 5.82 Å². The second-order valence-electron chi connectivity index (χ2n) is 4.52. The van der Waals surface area contributed by atoms with Gasteiger partial charge in [0.05, 0.1) is 5.88 Å². The fourth-order valence-corrected chi connectivity index (χ4v) is 2.80. The molecule has 1 aromatic carbocycles. The summed E-state index contributed by atoms with van der Waals surface area (Å²) in [6.07, 6.45) is 0. The minimum Gasteiger partial charge on any atom is -0.307 e. The second-order valence-corrected chi connectivity index (χ2v) is 5.64. The molecular formula is C13H15BrClN3. The number of halogens is 2. The van der Waals surface area contributed by atoms with Crippen LogP contribution in [0.2, 0.25) is 0 Å². The maximum absolute atomic E-state index is 5.91. The van der Waals surface area contributed by atoms with Crippen LogP contribution in [0.5, 0.6) is 0 Å². The molecule has 18 heavy (non-hydrogen) atoms. The molecule has 0 spiro atoms. The van der Waals surface area contributed by atoms with Crippen LogP contribution in [0.1, 0.15) is 31.3 Å². The van der Waals surface area contributed by atoms with Crippen molar-refractivity contribution in [1.82, 2.24) is 14.8 Å². The number of aromatic nitrogens is 3. The summed E-state index contributed by atoms with van der Waals surface area (Å²) >= 11 is 9.49. The molecule has 0 aliphatic carbocycles. The SMILES string of the molecule is Cc1ccc(-c2nnc(CCl)n2C(C)C)c(Br)c1. The Morgan fingerprint density at radius 3 is 2.61 bits per heavy atom. The molecule has 2 rings (SSSR count). The zero-order valence-electron chi connectivity index (χ0n) is 10.6. The fraction of sp³-hybridized carbons (Fsp3) is 0.385. The van der Waals surface area contributed by atoms with Crippen molar-refractivity contribution in [3.8, 4) is 11.4 Å². The highest BCUT2D eigenvalue weighted by Gasteiger charge is 2.17. The van der Waals surface area contributed by atoms with E-state index in [-0.39, 0.29) is 6.04 Å². The first kappa shape index (κ1) is 13.6. The van der Waals surface area contributed by atoms with Gasteiger partial charge in [0.2, 0.25) is 0 Å². The van der Waals surface area contributed by atoms with Gasteiger partial charge in [0.1, 0.15) is 5.82 Å². The smallest absolute Gasteiger partial charge is 0.165 e. The van der Waals surface area contributed by atoms with Gasteiger partial charge in [-0.25, -0.2) is 0 Å². The van der Waals surface area contributed by atoms with Crippen LogP contribution in [0.25, 0.3) is 11.4 Å². The van der Waals surface area contributed by atoms with Crippen LogP contribution in [0, 0.1) is 6.92 Å². The Balaban J connectivity index is 2.60. The summed E-state index contributed by atoms with van der Waals surface area (Å²) < 4.78 is 3.10. The summed E-state index contributed by atoms with van der Waals surface area (Å²) in [5.41, 5.74) is 2.25. The predicted octanol–water partition coefficient (Wildman–Crippen LogP) is 4.34. The largest absolute Gasteiger partial charge is 0.307 e. The third-order valence-corrected chi connectivity index (χ3v) is 3.66. The highest BCUT2D eigenvalue weighted by atomic mass is 79.9. The van der Waals surface area contributed by atoms with Gasteiger partial charge in [-0.1, -0.05) is 22.0 Å². The number of hydrogen-bond donors (Lipinski definition) is 0. The van der Waals surface area contributed by atoms with Gasteiger partial charge in [0.25, 0.3) is 0 Å². The van der Waals surface area contributed by atoms with E-state index in [4.69, 9.17) is 11.6 Å². The molecule has 0 fully saturated rings. The minimum atomic E-state index is 0.275. The first-order chi connectivity index (χ1) is 8.54. The lowest BCUT2D eigenvalue weighted by Gasteiger charge is -2.14. The maximum atomic E-state index is 5.91. The Morgan fingerprint density at radius 2 is 2.06 bits per heavy atom. The van der Waals surface area contributed by atoms with Gasteiger partial charge in [-0.05, 0) is 38.5 Å². The summed E-state index contributed by atoms with van der Waals surface area (Å²) in [6.45, 7) is 6.27. The van der Waals surface area contributed by atoms with Crippen molar-refractivity contribution in [3.63, 3.8) is 0 Å². The minimum absolute atomic E-state index is 0.275. The first-order valence-corrected chi connectivity index (χ1v) is 7.13. The summed E-state index contributed by atoms with van der Waals surface area (Å²) in [6, 6.07) is 6.48. The van der Waals surface area contributed by atoms with Crippen LogP contribution in [0.3, 0.4) is 0 Å². The van der Waals surface area contributed by atoms with Gasteiger partial charge < -0.3 is 4.57 Å². The lowest BCUT2D eigenvalue weighted by Crippen LogP contribution is -2.07. The van der Waals surface area contributed by atoms with Crippen LogP contribution in [0.4, 0.5) is 0 Å². The van der Waals surface area contributed by atoms with Crippen LogP contribution in [0.15, 0.2) is 22.7 Å². The van der Waals surface area contributed by atoms with Gasteiger partial charge in [-0.3, -0.25) is 0 Å². The number of benzene rings is 1. The predicted molar refractivity (Wildman–Crippen MR) is 77.8 cm³/mol. The third kappa shape index (κ3) is 2.45. The summed E-state index contributed by atoms with van der Waals surface area (Å²) in [5, 5.41) is 8.42. The van der Waals surface area contributed by atoms with Crippen molar-refractivity contribution in [1.29, 1.82) is 0 Å². The average Bonchev–Trinajstić information content (AvgIpc) is 2.72. The van der Waals surface area contributed by atoms with E-state index in [1.165, 1.54) is 5.56 Å². The number of rotatable bonds is 3. The Morgan fingerprint density at radius 1 is 1.33 bits per heavy atom. The van der Waals surface area contributed by atoms with Gasteiger partial charge in [-0.2, -0.15) is 0 Å². The molecule has 2 aromatic rings. The van der Waals surface area contributed by atoms with E-state index >= 15 is 0 Å². The van der Waals surface area contributed by atoms with Gasteiger partial charge in [0, 0.05) is 16.1 Å².